The molecule has 1 rings (SSSR count). The van der Waals surface area contributed by atoms with Crippen molar-refractivity contribution in [3.63, 3.8) is 0 Å². The van der Waals surface area contributed by atoms with Gasteiger partial charge in [0.25, 0.3) is 5.91 Å². The highest BCUT2D eigenvalue weighted by molar-refractivity contribution is 5.94. The molecule has 0 fully saturated rings. The third-order valence-corrected chi connectivity index (χ3v) is 3.31. The third kappa shape index (κ3) is 3.73. The van der Waals surface area contributed by atoms with E-state index in [-0.39, 0.29) is 11.3 Å². The Hall–Kier alpha value is -1.58. The van der Waals surface area contributed by atoms with Crippen molar-refractivity contribution < 1.29 is 4.79 Å². The van der Waals surface area contributed by atoms with Gasteiger partial charge in [-0.05, 0) is 23.5 Å². The molecule has 0 atom stereocenters. The first-order chi connectivity index (χ1) is 7.83. The molecular formula is C13H21N3O. The minimum atomic E-state index is -0.104. The van der Waals surface area contributed by atoms with Crippen LogP contribution in [0.2, 0.25) is 0 Å². The molecule has 94 valence electrons. The number of nitrogens with zero attached hydrogens (tertiary/aromatic N) is 1. The predicted molar refractivity (Wildman–Crippen MR) is 69.6 cm³/mol. The predicted octanol–water partition coefficient (Wildman–Crippen LogP) is 2.08. The molecule has 0 radical (unpaired) electrons. The molecular weight excluding hydrogens is 214 g/mol. The first-order valence-corrected chi connectivity index (χ1v) is 5.82. The lowest BCUT2D eigenvalue weighted by Gasteiger charge is -2.29. The monoisotopic (exact) mass is 235 g/mol. The van der Waals surface area contributed by atoms with Crippen LogP contribution >= 0.6 is 0 Å². The van der Waals surface area contributed by atoms with E-state index >= 15 is 0 Å². The molecule has 1 aromatic heterocycles. The fourth-order valence-electron chi connectivity index (χ4n) is 1.20. The molecule has 1 aromatic rings. The van der Waals surface area contributed by atoms with Gasteiger partial charge in [0.05, 0.1) is 0 Å². The SMILES string of the molecule is CC(C)C(C)(C)CNC(=O)c1ccnc(N)c1. The lowest BCUT2D eigenvalue weighted by Crippen LogP contribution is -2.37. The average molecular weight is 235 g/mol. The maximum atomic E-state index is 11.9. The molecule has 17 heavy (non-hydrogen) atoms. The van der Waals surface area contributed by atoms with Gasteiger partial charge >= 0.3 is 0 Å². The van der Waals surface area contributed by atoms with E-state index in [1.165, 1.54) is 6.20 Å². The lowest BCUT2D eigenvalue weighted by molar-refractivity contribution is 0.0924. The van der Waals surface area contributed by atoms with Crippen LogP contribution < -0.4 is 11.1 Å². The molecule has 0 bridgehead atoms. The molecule has 0 aliphatic rings. The van der Waals surface area contributed by atoms with Gasteiger partial charge in [0, 0.05) is 18.3 Å². The average Bonchev–Trinajstić information content (AvgIpc) is 2.25. The molecule has 1 amide bonds. The number of nitrogens with two attached hydrogens (primary N) is 1. The Morgan fingerprint density at radius 1 is 1.53 bits per heavy atom. The largest absolute Gasteiger partial charge is 0.384 e. The van der Waals surface area contributed by atoms with Crippen LogP contribution in [0.3, 0.4) is 0 Å². The normalized spacial score (nSPS) is 11.6. The van der Waals surface area contributed by atoms with Crippen LogP contribution in [-0.2, 0) is 0 Å². The molecule has 0 aromatic carbocycles. The highest BCUT2D eigenvalue weighted by atomic mass is 16.1. The van der Waals surface area contributed by atoms with E-state index in [2.05, 4.69) is 38.0 Å². The Kier molecular flexibility index (Phi) is 4.10. The van der Waals surface area contributed by atoms with E-state index in [1.807, 2.05) is 0 Å². The number of carbonyl (C=O) groups is 1. The highest BCUT2D eigenvalue weighted by Gasteiger charge is 2.23. The van der Waals surface area contributed by atoms with Crippen molar-refractivity contribution in [3.05, 3.63) is 23.9 Å². The fourth-order valence-corrected chi connectivity index (χ4v) is 1.20. The van der Waals surface area contributed by atoms with Crippen LogP contribution in [0.5, 0.6) is 0 Å². The standard InChI is InChI=1S/C13H21N3O/c1-9(2)13(3,4)8-16-12(17)10-5-6-15-11(14)7-10/h5-7,9H,8H2,1-4H3,(H2,14,15)(H,16,17). The van der Waals surface area contributed by atoms with E-state index in [4.69, 9.17) is 5.73 Å². The summed E-state index contributed by atoms with van der Waals surface area (Å²) in [5.74, 6) is 0.763. The minimum Gasteiger partial charge on any atom is -0.384 e. The second kappa shape index (κ2) is 5.17. The van der Waals surface area contributed by atoms with Crippen LogP contribution in [-0.4, -0.2) is 17.4 Å². The number of anilines is 1. The summed E-state index contributed by atoms with van der Waals surface area (Å²) >= 11 is 0. The van der Waals surface area contributed by atoms with Crippen LogP contribution in [0, 0.1) is 11.3 Å². The molecule has 4 heteroatoms. The summed E-state index contributed by atoms with van der Waals surface area (Å²) in [5, 5.41) is 2.93. The van der Waals surface area contributed by atoms with Gasteiger partial charge in [-0.3, -0.25) is 4.79 Å². The summed E-state index contributed by atoms with van der Waals surface area (Å²) < 4.78 is 0. The Bertz CT molecular complexity index is 399. The van der Waals surface area contributed by atoms with Gasteiger partial charge in [0.2, 0.25) is 0 Å². The van der Waals surface area contributed by atoms with Gasteiger partial charge in [-0.25, -0.2) is 4.98 Å². The van der Waals surface area contributed by atoms with Gasteiger partial charge in [0.1, 0.15) is 5.82 Å². The molecule has 0 saturated heterocycles. The van der Waals surface area contributed by atoms with Crippen molar-refractivity contribution in [2.75, 3.05) is 12.3 Å². The maximum absolute atomic E-state index is 11.9. The number of hydrogen-bond donors (Lipinski definition) is 2. The summed E-state index contributed by atoms with van der Waals surface area (Å²) in [7, 11) is 0. The van der Waals surface area contributed by atoms with Gasteiger partial charge in [-0.15, -0.1) is 0 Å². The Morgan fingerprint density at radius 2 is 2.18 bits per heavy atom. The van der Waals surface area contributed by atoms with Crippen LogP contribution in [0.25, 0.3) is 0 Å². The molecule has 0 unspecified atom stereocenters. The first-order valence-electron chi connectivity index (χ1n) is 5.82. The Labute approximate surface area is 103 Å². The maximum Gasteiger partial charge on any atom is 0.251 e. The zero-order valence-corrected chi connectivity index (χ0v) is 10.9. The fraction of sp³-hybridized carbons (Fsp3) is 0.538. The molecule has 0 aliphatic heterocycles. The number of amides is 1. The Morgan fingerprint density at radius 3 is 2.71 bits per heavy atom. The topological polar surface area (TPSA) is 68.0 Å². The second-order valence-corrected chi connectivity index (χ2v) is 5.30. The number of nitrogen functional groups attached to an aromatic ring is 1. The highest BCUT2D eigenvalue weighted by Crippen LogP contribution is 2.24. The summed E-state index contributed by atoms with van der Waals surface area (Å²) in [6.07, 6.45) is 1.54. The molecule has 4 nitrogen and oxygen atoms in total. The van der Waals surface area contributed by atoms with E-state index in [9.17, 15) is 4.79 Å². The number of nitrogens with one attached hydrogen (secondary N) is 1. The number of aromatic nitrogens is 1. The quantitative estimate of drug-likeness (QED) is 0.839. The van der Waals surface area contributed by atoms with Gasteiger partial charge in [-0.2, -0.15) is 0 Å². The van der Waals surface area contributed by atoms with E-state index in [0.717, 1.165) is 0 Å². The zero-order valence-electron chi connectivity index (χ0n) is 10.9. The van der Waals surface area contributed by atoms with Crippen molar-refractivity contribution >= 4 is 11.7 Å². The van der Waals surface area contributed by atoms with Crippen LogP contribution in [0.4, 0.5) is 5.82 Å². The first kappa shape index (κ1) is 13.5. The van der Waals surface area contributed by atoms with E-state index in [1.54, 1.807) is 12.1 Å². The summed E-state index contributed by atoms with van der Waals surface area (Å²) in [6, 6.07) is 3.24. The van der Waals surface area contributed by atoms with Crippen molar-refractivity contribution in [2.24, 2.45) is 11.3 Å². The summed E-state index contributed by atoms with van der Waals surface area (Å²) in [5.41, 5.74) is 6.17. The zero-order chi connectivity index (χ0) is 13.1. The molecule has 0 saturated carbocycles. The molecule has 1 heterocycles. The van der Waals surface area contributed by atoms with Crippen molar-refractivity contribution in [3.8, 4) is 0 Å². The molecule has 0 aliphatic carbocycles. The molecule has 3 N–H and O–H groups in total. The summed E-state index contributed by atoms with van der Waals surface area (Å²) in [4.78, 5) is 15.7. The van der Waals surface area contributed by atoms with Gasteiger partial charge in [0.15, 0.2) is 0 Å². The number of rotatable bonds is 4. The number of hydrogen-bond acceptors (Lipinski definition) is 3. The smallest absolute Gasteiger partial charge is 0.251 e. The summed E-state index contributed by atoms with van der Waals surface area (Å²) in [6.45, 7) is 9.22. The lowest BCUT2D eigenvalue weighted by atomic mass is 9.81. The van der Waals surface area contributed by atoms with Gasteiger partial charge < -0.3 is 11.1 Å². The minimum absolute atomic E-state index is 0.0776. The third-order valence-electron chi connectivity index (χ3n) is 3.31. The number of carbonyl (C=O) groups excluding carboxylic acids is 1. The van der Waals surface area contributed by atoms with Gasteiger partial charge in [-0.1, -0.05) is 27.7 Å². The van der Waals surface area contributed by atoms with Crippen molar-refractivity contribution in [1.82, 2.24) is 10.3 Å². The van der Waals surface area contributed by atoms with E-state index in [0.29, 0.717) is 23.8 Å². The molecule has 0 spiro atoms. The second-order valence-electron chi connectivity index (χ2n) is 5.30. The van der Waals surface area contributed by atoms with E-state index < -0.39 is 0 Å². The Balaban J connectivity index is 2.62. The van der Waals surface area contributed by atoms with Crippen LogP contribution in [0.1, 0.15) is 38.1 Å². The van der Waals surface area contributed by atoms with Crippen molar-refractivity contribution in [2.45, 2.75) is 27.7 Å². The van der Waals surface area contributed by atoms with Crippen molar-refractivity contribution in [1.29, 1.82) is 0 Å². The van der Waals surface area contributed by atoms with Crippen LogP contribution in [0.15, 0.2) is 18.3 Å². The number of pyridine rings is 1.